The third kappa shape index (κ3) is 3.94. The van der Waals surface area contributed by atoms with Crippen LogP contribution in [0.1, 0.15) is 26.2 Å². The highest BCUT2D eigenvalue weighted by molar-refractivity contribution is 9.10. The predicted octanol–water partition coefficient (Wildman–Crippen LogP) is 2.67. The zero-order valence-electron chi connectivity index (χ0n) is 7.83. The second-order valence-corrected chi connectivity index (χ2v) is 4.77. The van der Waals surface area contributed by atoms with Crippen molar-refractivity contribution < 1.29 is 9.53 Å². The molecule has 0 aliphatic heterocycles. The van der Waals surface area contributed by atoms with Crippen molar-refractivity contribution in [2.75, 3.05) is 6.61 Å². The van der Waals surface area contributed by atoms with Crippen molar-refractivity contribution in [3.63, 3.8) is 0 Å². The Morgan fingerprint density at radius 2 is 2.46 bits per heavy atom. The molecule has 2 nitrogen and oxygen atoms in total. The SMILES string of the molecule is C[C@@H](Br)C(=O)OC[C@H]1CC=CCC1. The standard InChI is InChI=1S/C10H15BrO2/c1-8(11)10(12)13-7-9-5-3-2-4-6-9/h2-3,8-9H,4-7H2,1H3/t8-,9+/m1/s1. The minimum Gasteiger partial charge on any atom is -0.465 e. The Bertz CT molecular complexity index is 199. The number of alkyl halides is 1. The van der Waals surface area contributed by atoms with Gasteiger partial charge in [0.1, 0.15) is 4.83 Å². The number of rotatable bonds is 3. The summed E-state index contributed by atoms with van der Waals surface area (Å²) in [5, 5.41) is 0. The zero-order valence-corrected chi connectivity index (χ0v) is 9.42. The molecule has 1 rings (SSSR count). The molecule has 0 aromatic rings. The maximum atomic E-state index is 11.1. The Balaban J connectivity index is 2.18. The lowest BCUT2D eigenvalue weighted by molar-refractivity contribution is -0.143. The molecule has 0 amide bonds. The van der Waals surface area contributed by atoms with E-state index >= 15 is 0 Å². The molecule has 0 fully saturated rings. The van der Waals surface area contributed by atoms with Crippen LogP contribution in [0.4, 0.5) is 0 Å². The highest BCUT2D eigenvalue weighted by Gasteiger charge is 2.15. The third-order valence-corrected chi connectivity index (χ3v) is 2.54. The van der Waals surface area contributed by atoms with Crippen LogP contribution in [0.25, 0.3) is 0 Å². The lowest BCUT2D eigenvalue weighted by atomic mass is 9.95. The van der Waals surface area contributed by atoms with Crippen molar-refractivity contribution in [3.05, 3.63) is 12.2 Å². The van der Waals surface area contributed by atoms with E-state index < -0.39 is 0 Å². The molecule has 0 radical (unpaired) electrons. The van der Waals surface area contributed by atoms with Crippen molar-refractivity contribution in [3.8, 4) is 0 Å². The maximum Gasteiger partial charge on any atom is 0.319 e. The van der Waals surface area contributed by atoms with E-state index in [0.29, 0.717) is 12.5 Å². The number of halogens is 1. The normalized spacial score (nSPS) is 24.0. The molecule has 1 aliphatic carbocycles. The van der Waals surface area contributed by atoms with Gasteiger partial charge in [-0.1, -0.05) is 28.1 Å². The summed E-state index contributed by atoms with van der Waals surface area (Å²) in [4.78, 5) is 10.9. The molecule has 0 unspecified atom stereocenters. The molecule has 0 saturated heterocycles. The fraction of sp³-hybridized carbons (Fsp3) is 0.700. The summed E-state index contributed by atoms with van der Waals surface area (Å²) in [7, 11) is 0. The van der Waals surface area contributed by atoms with Crippen LogP contribution in [0.15, 0.2) is 12.2 Å². The van der Waals surface area contributed by atoms with Gasteiger partial charge in [-0.05, 0) is 32.1 Å². The van der Waals surface area contributed by atoms with Crippen LogP contribution in [0, 0.1) is 5.92 Å². The van der Waals surface area contributed by atoms with Gasteiger partial charge in [-0.25, -0.2) is 0 Å². The molecule has 0 saturated carbocycles. The first-order chi connectivity index (χ1) is 6.20. The lowest BCUT2D eigenvalue weighted by Gasteiger charge is -2.17. The molecule has 74 valence electrons. The van der Waals surface area contributed by atoms with Crippen molar-refractivity contribution in [1.29, 1.82) is 0 Å². The first kappa shape index (κ1) is 10.8. The monoisotopic (exact) mass is 246 g/mol. The number of hydrogen-bond acceptors (Lipinski definition) is 2. The Morgan fingerprint density at radius 3 is 3.00 bits per heavy atom. The molecule has 0 heterocycles. The van der Waals surface area contributed by atoms with Gasteiger partial charge in [0.25, 0.3) is 0 Å². The van der Waals surface area contributed by atoms with Gasteiger partial charge in [0.15, 0.2) is 0 Å². The van der Waals surface area contributed by atoms with Gasteiger partial charge in [-0.15, -0.1) is 0 Å². The van der Waals surface area contributed by atoms with Crippen LogP contribution in [0.2, 0.25) is 0 Å². The molecular formula is C10H15BrO2. The van der Waals surface area contributed by atoms with E-state index in [-0.39, 0.29) is 10.8 Å². The van der Waals surface area contributed by atoms with Crippen LogP contribution in [-0.4, -0.2) is 17.4 Å². The summed E-state index contributed by atoms with van der Waals surface area (Å²) in [5.74, 6) is 0.370. The summed E-state index contributed by atoms with van der Waals surface area (Å²) in [5.41, 5.74) is 0. The highest BCUT2D eigenvalue weighted by Crippen LogP contribution is 2.18. The number of allylic oxidation sites excluding steroid dienone is 2. The van der Waals surface area contributed by atoms with E-state index in [0.717, 1.165) is 19.3 Å². The minimum absolute atomic E-state index is 0.158. The molecule has 2 atom stereocenters. The van der Waals surface area contributed by atoms with Gasteiger partial charge >= 0.3 is 5.97 Å². The molecule has 13 heavy (non-hydrogen) atoms. The molecule has 0 spiro atoms. The molecule has 3 heteroatoms. The average Bonchev–Trinajstić information content (AvgIpc) is 2.15. The molecular weight excluding hydrogens is 232 g/mol. The first-order valence-corrected chi connectivity index (χ1v) is 5.57. The fourth-order valence-electron chi connectivity index (χ4n) is 1.32. The average molecular weight is 247 g/mol. The molecule has 1 aliphatic rings. The Kier molecular flexibility index (Phi) is 4.50. The van der Waals surface area contributed by atoms with Crippen molar-refractivity contribution in [2.45, 2.75) is 31.0 Å². The van der Waals surface area contributed by atoms with Crippen LogP contribution in [-0.2, 0) is 9.53 Å². The summed E-state index contributed by atoms with van der Waals surface area (Å²) < 4.78 is 5.12. The Morgan fingerprint density at radius 1 is 1.69 bits per heavy atom. The largest absolute Gasteiger partial charge is 0.465 e. The zero-order chi connectivity index (χ0) is 9.68. The van der Waals surface area contributed by atoms with E-state index in [1.165, 1.54) is 0 Å². The van der Waals surface area contributed by atoms with Gasteiger partial charge in [0, 0.05) is 0 Å². The van der Waals surface area contributed by atoms with Gasteiger partial charge in [0.2, 0.25) is 0 Å². The lowest BCUT2D eigenvalue weighted by Crippen LogP contribution is -2.19. The van der Waals surface area contributed by atoms with Crippen molar-refractivity contribution >= 4 is 21.9 Å². The second kappa shape index (κ2) is 5.43. The number of ether oxygens (including phenoxy) is 1. The summed E-state index contributed by atoms with van der Waals surface area (Å²) in [6, 6.07) is 0. The van der Waals surface area contributed by atoms with E-state index in [1.807, 2.05) is 0 Å². The molecule has 0 aromatic carbocycles. The Labute approximate surface area is 87.5 Å². The van der Waals surface area contributed by atoms with E-state index in [4.69, 9.17) is 4.74 Å². The third-order valence-electron chi connectivity index (χ3n) is 2.16. The highest BCUT2D eigenvalue weighted by atomic mass is 79.9. The quantitative estimate of drug-likeness (QED) is 0.435. The molecule has 0 N–H and O–H groups in total. The van der Waals surface area contributed by atoms with Gasteiger partial charge < -0.3 is 4.74 Å². The molecule has 0 bridgehead atoms. The Hall–Kier alpha value is -0.310. The topological polar surface area (TPSA) is 26.3 Å². The van der Waals surface area contributed by atoms with Gasteiger partial charge in [-0.3, -0.25) is 4.79 Å². The number of esters is 1. The van der Waals surface area contributed by atoms with E-state index in [1.54, 1.807) is 6.92 Å². The van der Waals surface area contributed by atoms with Gasteiger partial charge in [-0.2, -0.15) is 0 Å². The van der Waals surface area contributed by atoms with Crippen LogP contribution in [0.5, 0.6) is 0 Å². The summed E-state index contributed by atoms with van der Waals surface area (Å²) >= 11 is 3.18. The second-order valence-electron chi connectivity index (χ2n) is 3.40. The number of carbonyl (C=O) groups is 1. The smallest absolute Gasteiger partial charge is 0.319 e. The van der Waals surface area contributed by atoms with E-state index in [2.05, 4.69) is 28.1 Å². The van der Waals surface area contributed by atoms with Crippen LogP contribution >= 0.6 is 15.9 Å². The minimum atomic E-state index is -0.188. The van der Waals surface area contributed by atoms with Crippen molar-refractivity contribution in [2.24, 2.45) is 5.92 Å². The van der Waals surface area contributed by atoms with Gasteiger partial charge in [0.05, 0.1) is 6.61 Å². The maximum absolute atomic E-state index is 11.1. The fourth-order valence-corrected chi connectivity index (χ4v) is 1.45. The van der Waals surface area contributed by atoms with Crippen molar-refractivity contribution in [1.82, 2.24) is 0 Å². The number of carbonyl (C=O) groups excluding carboxylic acids is 1. The predicted molar refractivity (Wildman–Crippen MR) is 55.8 cm³/mol. The van der Waals surface area contributed by atoms with E-state index in [9.17, 15) is 4.79 Å². The first-order valence-electron chi connectivity index (χ1n) is 4.66. The van der Waals surface area contributed by atoms with Crippen LogP contribution < -0.4 is 0 Å². The summed E-state index contributed by atoms with van der Waals surface area (Å²) in [6.07, 6.45) is 7.65. The summed E-state index contributed by atoms with van der Waals surface area (Å²) in [6.45, 7) is 2.35. The molecule has 0 aromatic heterocycles. The number of hydrogen-bond donors (Lipinski definition) is 0. The van der Waals surface area contributed by atoms with Crippen LogP contribution in [0.3, 0.4) is 0 Å².